The van der Waals surface area contributed by atoms with Gasteiger partial charge in [-0.25, -0.2) is 4.79 Å². The van der Waals surface area contributed by atoms with Gasteiger partial charge in [-0.3, -0.25) is 9.78 Å². The van der Waals surface area contributed by atoms with Gasteiger partial charge in [0.05, 0.1) is 28.6 Å². The van der Waals surface area contributed by atoms with Crippen molar-refractivity contribution in [2.24, 2.45) is 0 Å². The van der Waals surface area contributed by atoms with Crippen LogP contribution < -0.4 is 50.6 Å². The van der Waals surface area contributed by atoms with E-state index in [2.05, 4.69) is 25.9 Å². The number of aromatic nitrogens is 2. The summed E-state index contributed by atoms with van der Waals surface area (Å²) in [5, 5.41) is 20.6. The van der Waals surface area contributed by atoms with E-state index in [1.165, 1.54) is 30.5 Å². The number of carbonyl (C=O) groups excluding carboxylic acids is 3. The molecule has 4 N–H and O–H groups in total. The number of aromatic amines is 1. The Morgan fingerprint density at radius 1 is 1.03 bits per heavy atom. The van der Waals surface area contributed by atoms with Crippen LogP contribution in [0.2, 0.25) is 10.0 Å². The van der Waals surface area contributed by atoms with Crippen LogP contribution in [0.1, 0.15) is 21.6 Å². The second-order valence-corrected chi connectivity index (χ2v) is 8.42. The van der Waals surface area contributed by atoms with Crippen molar-refractivity contribution in [2.75, 3.05) is 10.6 Å². The van der Waals surface area contributed by atoms with Crippen LogP contribution in [0.4, 0.5) is 16.2 Å². The molecule has 37 heavy (non-hydrogen) atoms. The molecule has 4 aromatic rings. The van der Waals surface area contributed by atoms with E-state index in [4.69, 9.17) is 23.2 Å². The van der Waals surface area contributed by atoms with Gasteiger partial charge < -0.3 is 30.8 Å². The Bertz CT molecular complexity index is 1470. The van der Waals surface area contributed by atoms with Crippen LogP contribution >= 0.6 is 23.2 Å². The summed E-state index contributed by atoms with van der Waals surface area (Å²) in [5.74, 6) is -1.93. The van der Waals surface area contributed by atoms with Crippen molar-refractivity contribution in [3.05, 3.63) is 93.9 Å². The Morgan fingerprint density at radius 3 is 2.46 bits per heavy atom. The second kappa shape index (κ2) is 12.8. The molecule has 0 saturated heterocycles. The minimum atomic E-state index is -1.45. The maximum Gasteiger partial charge on any atom is 1.00 e. The van der Waals surface area contributed by atoms with Crippen molar-refractivity contribution in [1.29, 1.82) is 0 Å². The van der Waals surface area contributed by atoms with Crippen LogP contribution in [0.25, 0.3) is 17.0 Å². The van der Waals surface area contributed by atoms with Gasteiger partial charge in [-0.05, 0) is 48.0 Å². The molecule has 0 atom stereocenters. The molecule has 0 aliphatic heterocycles. The molecule has 0 saturated carbocycles. The molecule has 0 aliphatic rings. The summed E-state index contributed by atoms with van der Waals surface area (Å²) in [6.07, 6.45) is 5.68. The summed E-state index contributed by atoms with van der Waals surface area (Å²) in [4.78, 5) is 42.6. The monoisotopic (exact) mass is 545 g/mol. The minimum absolute atomic E-state index is 0. The fraction of sp³-hybridized carbons (Fsp3) is 0.0400. The number of hydrogen-bond donors (Lipinski definition) is 4. The summed E-state index contributed by atoms with van der Waals surface area (Å²) in [7, 11) is 0. The van der Waals surface area contributed by atoms with Crippen LogP contribution in [0.15, 0.2) is 67.0 Å². The summed E-state index contributed by atoms with van der Waals surface area (Å²) < 4.78 is 0. The van der Waals surface area contributed by atoms with Crippen LogP contribution in [0, 0.1) is 0 Å². The van der Waals surface area contributed by atoms with E-state index >= 15 is 0 Å². The van der Waals surface area contributed by atoms with Gasteiger partial charge in [0.15, 0.2) is 0 Å². The first kappa shape index (κ1) is 28.2. The van der Waals surface area contributed by atoms with E-state index in [-0.39, 0.29) is 58.4 Å². The first-order valence-corrected chi connectivity index (χ1v) is 11.3. The number of fused-ring (bicyclic) bond motifs is 1. The van der Waals surface area contributed by atoms with Crippen LogP contribution in [0.5, 0.6) is 0 Å². The summed E-state index contributed by atoms with van der Waals surface area (Å²) in [6, 6.07) is 12.9. The molecule has 182 valence electrons. The molecule has 9 nitrogen and oxygen atoms in total. The molecule has 12 heteroatoms. The number of benzene rings is 2. The quantitative estimate of drug-likeness (QED) is 0.204. The molecular formula is C25H18Cl2N5NaO4. The number of carboxylic acid groups (broad SMARTS) is 1. The van der Waals surface area contributed by atoms with Crippen molar-refractivity contribution in [3.63, 3.8) is 0 Å². The fourth-order valence-corrected chi connectivity index (χ4v) is 4.04. The number of rotatable bonds is 7. The molecule has 0 fully saturated rings. The van der Waals surface area contributed by atoms with Crippen LogP contribution in [-0.2, 0) is 11.3 Å². The predicted octanol–water partition coefficient (Wildman–Crippen LogP) is 1.21. The number of anilines is 2. The Balaban J connectivity index is 0.00000380. The second-order valence-electron chi connectivity index (χ2n) is 7.58. The van der Waals surface area contributed by atoms with Crippen molar-refractivity contribution in [1.82, 2.24) is 15.3 Å². The van der Waals surface area contributed by atoms with Gasteiger partial charge in [0.2, 0.25) is 5.91 Å². The molecule has 0 aliphatic carbocycles. The van der Waals surface area contributed by atoms with E-state index in [0.717, 1.165) is 5.56 Å². The number of nitrogens with one attached hydrogen (secondary N) is 4. The fourth-order valence-electron chi connectivity index (χ4n) is 3.44. The molecule has 0 radical (unpaired) electrons. The topological polar surface area (TPSA) is 139 Å². The Kier molecular flexibility index (Phi) is 9.73. The Hall–Kier alpha value is -3.34. The predicted molar refractivity (Wildman–Crippen MR) is 137 cm³/mol. The van der Waals surface area contributed by atoms with E-state index in [1.807, 2.05) is 0 Å². The number of urea groups is 1. The Labute approximate surface area is 243 Å². The Morgan fingerprint density at radius 2 is 1.78 bits per heavy atom. The molecule has 2 aromatic heterocycles. The molecule has 0 bridgehead atoms. The smallest absolute Gasteiger partial charge is 0.543 e. The largest absolute Gasteiger partial charge is 1.00 e. The molecule has 2 aromatic carbocycles. The first-order valence-electron chi connectivity index (χ1n) is 10.5. The number of carboxylic acids is 1. The molecule has 3 amide bonds. The minimum Gasteiger partial charge on any atom is -0.543 e. The zero-order valence-electron chi connectivity index (χ0n) is 19.5. The molecule has 2 heterocycles. The SMILES string of the molecule is O=C(/C=C/c1c(C(=O)[O-])[nH]c2cc(Cl)cc(Cl)c12)Nc1ccc(CNC(=O)Nc2cccnc2)cc1.[Na+]. The zero-order valence-corrected chi connectivity index (χ0v) is 23.0. The number of H-pyrrole nitrogens is 1. The standard InChI is InChI=1S/C25H19Cl2N5O4.Na/c26-15-10-19(27)22-18(23(24(34)35)32-20(22)11-15)7-8-21(33)30-16-5-3-14(4-6-16)12-29-25(36)31-17-2-1-9-28-13-17;/h1-11,13,32H,12H2,(H,30,33)(H,34,35)(H2,29,31,36);/q;+1/p-1/b8-7+;. The zero-order chi connectivity index (χ0) is 25.7. The van der Waals surface area contributed by atoms with Crippen molar-refractivity contribution in [3.8, 4) is 0 Å². The normalized spacial score (nSPS) is 10.6. The van der Waals surface area contributed by atoms with E-state index in [1.54, 1.807) is 42.6 Å². The van der Waals surface area contributed by atoms with E-state index in [0.29, 0.717) is 27.3 Å². The third kappa shape index (κ3) is 7.34. The van der Waals surface area contributed by atoms with Crippen molar-refractivity contribution in [2.45, 2.75) is 6.54 Å². The number of carbonyl (C=O) groups is 3. The number of amides is 3. The van der Waals surface area contributed by atoms with Gasteiger partial charge in [-0.15, -0.1) is 0 Å². The third-order valence-corrected chi connectivity index (χ3v) is 5.57. The molecule has 4 rings (SSSR count). The van der Waals surface area contributed by atoms with Crippen molar-refractivity contribution >= 4 is 69.5 Å². The maximum absolute atomic E-state index is 12.4. The van der Waals surface area contributed by atoms with Gasteiger partial charge in [0.25, 0.3) is 0 Å². The number of aromatic carboxylic acids is 1. The van der Waals surface area contributed by atoms with Crippen LogP contribution in [0.3, 0.4) is 0 Å². The summed E-state index contributed by atoms with van der Waals surface area (Å²) in [5.41, 5.74) is 2.29. The number of nitrogens with zero attached hydrogens (tertiary/aromatic N) is 1. The molecule has 0 unspecified atom stereocenters. The average molecular weight is 546 g/mol. The summed E-state index contributed by atoms with van der Waals surface area (Å²) >= 11 is 12.2. The number of pyridine rings is 1. The van der Waals surface area contributed by atoms with Gasteiger partial charge in [-0.2, -0.15) is 0 Å². The van der Waals surface area contributed by atoms with Gasteiger partial charge >= 0.3 is 35.6 Å². The van der Waals surface area contributed by atoms with E-state index in [9.17, 15) is 19.5 Å². The van der Waals surface area contributed by atoms with E-state index < -0.39 is 11.9 Å². The summed E-state index contributed by atoms with van der Waals surface area (Å²) in [6.45, 7) is 0.275. The van der Waals surface area contributed by atoms with Gasteiger partial charge in [0, 0.05) is 46.0 Å². The first-order chi connectivity index (χ1) is 17.3. The maximum atomic E-state index is 12.4. The molecular weight excluding hydrogens is 528 g/mol. The average Bonchev–Trinajstić information content (AvgIpc) is 3.22. The number of halogens is 2. The van der Waals surface area contributed by atoms with Gasteiger partial charge in [0.1, 0.15) is 0 Å². The molecule has 0 spiro atoms. The van der Waals surface area contributed by atoms with Gasteiger partial charge in [-0.1, -0.05) is 35.3 Å². The third-order valence-electron chi connectivity index (χ3n) is 5.05. The van der Waals surface area contributed by atoms with Crippen molar-refractivity contribution < 1.29 is 49.0 Å². The number of hydrogen-bond acceptors (Lipinski definition) is 5. The van der Waals surface area contributed by atoms with Crippen LogP contribution in [-0.4, -0.2) is 27.9 Å².